The fourth-order valence-electron chi connectivity index (χ4n) is 5.42. The molecule has 10 nitrogen and oxygen atoms in total. The molecule has 0 unspecified atom stereocenters. The Morgan fingerprint density at radius 3 is 2.38 bits per heavy atom. The Kier molecular flexibility index (Phi) is 9.72. The maximum Gasteiger partial charge on any atom is 0.416 e. The van der Waals surface area contributed by atoms with Crippen molar-refractivity contribution in [3.05, 3.63) is 81.9 Å². The summed E-state index contributed by atoms with van der Waals surface area (Å²) in [6.07, 6.45) is -9.96. The predicted molar refractivity (Wildman–Crippen MR) is 157 cm³/mol. The summed E-state index contributed by atoms with van der Waals surface area (Å²) in [5, 5.41) is 18.3. The molecule has 1 aliphatic rings. The maximum absolute atomic E-state index is 13.9. The Morgan fingerprint density at radius 2 is 1.81 bits per heavy atom. The molecule has 0 spiro atoms. The minimum absolute atomic E-state index is 0.000765. The number of carboxylic acids is 1. The summed E-state index contributed by atoms with van der Waals surface area (Å²) in [4.78, 5) is 35.9. The van der Waals surface area contributed by atoms with E-state index in [4.69, 9.17) is 15.6 Å². The van der Waals surface area contributed by atoms with Crippen LogP contribution in [0.5, 0.6) is 0 Å². The number of anilines is 2. The van der Waals surface area contributed by atoms with Crippen LogP contribution in [0.4, 0.5) is 42.5 Å². The zero-order chi connectivity index (χ0) is 34.9. The molecule has 3 N–H and O–H groups in total. The molecular formula is C31H30F6N6O4. The van der Waals surface area contributed by atoms with Gasteiger partial charge in [0, 0.05) is 26.4 Å². The van der Waals surface area contributed by atoms with Crippen LogP contribution in [0.15, 0.2) is 42.6 Å². The van der Waals surface area contributed by atoms with Crippen molar-refractivity contribution in [2.45, 2.75) is 56.5 Å². The predicted octanol–water partition coefficient (Wildman–Crippen LogP) is 6.06. The number of nitrogens with two attached hydrogens (primary N) is 1. The number of hydrogen-bond acceptors (Lipinski definition) is 8. The van der Waals surface area contributed by atoms with Crippen LogP contribution in [-0.4, -0.2) is 53.5 Å². The van der Waals surface area contributed by atoms with E-state index in [0.29, 0.717) is 5.69 Å². The number of benzene rings is 2. The molecular weight excluding hydrogens is 634 g/mol. The lowest BCUT2D eigenvalue weighted by atomic mass is 9.80. The van der Waals surface area contributed by atoms with E-state index in [1.54, 1.807) is 32.0 Å². The molecule has 2 atom stereocenters. The van der Waals surface area contributed by atoms with Gasteiger partial charge < -0.3 is 20.5 Å². The Hall–Kier alpha value is -4.91. The summed E-state index contributed by atoms with van der Waals surface area (Å²) in [5.41, 5.74) is 3.59. The highest BCUT2D eigenvalue weighted by atomic mass is 19.4. The average Bonchev–Trinajstić information content (AvgIpc) is 2.98. The Morgan fingerprint density at radius 1 is 1.13 bits per heavy atom. The number of carboxylic acid groups (broad SMARTS) is 1. The minimum Gasteiger partial charge on any atom is -0.481 e. The van der Waals surface area contributed by atoms with Crippen molar-refractivity contribution in [3.63, 3.8) is 0 Å². The number of nitrogens with zero attached hydrogens (tertiary/aromatic N) is 5. The van der Waals surface area contributed by atoms with Crippen LogP contribution in [0, 0.1) is 11.3 Å². The molecule has 4 rings (SSSR count). The van der Waals surface area contributed by atoms with Crippen molar-refractivity contribution < 1.29 is 45.8 Å². The van der Waals surface area contributed by atoms with Crippen molar-refractivity contribution in [1.82, 2.24) is 9.97 Å². The standard InChI is InChI=1S/C31H30F6N6O4/c1-4-29(39)14-22(21-13-19(30(32,33)34)5-6-24(21)43(29)28(46)47-8-7-26(44)45)27-40-16-25(42(2)3)23(41-27)12-17-9-18(15-38)11-20(10-17)31(35,36)37/h5-6,9-11,13,16,22H,4,7-8,12,14,39H2,1-3H3,(H,44,45)/t22-,29+/m0/s1. The van der Waals surface area contributed by atoms with Gasteiger partial charge in [-0.1, -0.05) is 6.92 Å². The van der Waals surface area contributed by atoms with Gasteiger partial charge in [-0.25, -0.2) is 14.8 Å². The first-order chi connectivity index (χ1) is 21.9. The molecule has 0 saturated carbocycles. The van der Waals surface area contributed by atoms with Gasteiger partial charge in [0.2, 0.25) is 0 Å². The van der Waals surface area contributed by atoms with E-state index in [1.165, 1.54) is 12.3 Å². The van der Waals surface area contributed by atoms with Gasteiger partial charge in [-0.15, -0.1) is 0 Å². The maximum atomic E-state index is 13.9. The molecule has 47 heavy (non-hydrogen) atoms. The zero-order valence-electron chi connectivity index (χ0n) is 25.4. The number of rotatable bonds is 8. The molecule has 0 saturated heterocycles. The van der Waals surface area contributed by atoms with Crippen LogP contribution in [-0.2, 0) is 28.3 Å². The number of aromatic nitrogens is 2. The molecule has 0 fully saturated rings. The monoisotopic (exact) mass is 664 g/mol. The lowest BCUT2D eigenvalue weighted by Gasteiger charge is -2.46. The van der Waals surface area contributed by atoms with E-state index in [2.05, 4.69) is 9.97 Å². The van der Waals surface area contributed by atoms with Gasteiger partial charge in [0.25, 0.3) is 0 Å². The van der Waals surface area contributed by atoms with Crippen molar-refractivity contribution >= 4 is 23.4 Å². The van der Waals surface area contributed by atoms with Gasteiger partial charge >= 0.3 is 24.4 Å². The molecule has 0 radical (unpaired) electrons. The summed E-state index contributed by atoms with van der Waals surface area (Å²) in [6.45, 7) is 1.14. The zero-order valence-corrected chi connectivity index (χ0v) is 25.4. The number of nitriles is 1. The summed E-state index contributed by atoms with van der Waals surface area (Å²) in [6, 6.07) is 7.32. The van der Waals surface area contributed by atoms with E-state index in [-0.39, 0.29) is 53.2 Å². The van der Waals surface area contributed by atoms with Gasteiger partial charge in [0.05, 0.1) is 52.4 Å². The Labute approximate surface area is 265 Å². The summed E-state index contributed by atoms with van der Waals surface area (Å²) >= 11 is 0. The second-order valence-electron chi connectivity index (χ2n) is 11.2. The Bertz CT molecular complexity index is 1720. The fraction of sp³-hybridized carbons (Fsp3) is 0.387. The molecule has 0 aliphatic carbocycles. The first-order valence-corrected chi connectivity index (χ1v) is 14.2. The molecule has 250 valence electrons. The van der Waals surface area contributed by atoms with Crippen LogP contribution in [0.1, 0.15) is 71.4 Å². The summed E-state index contributed by atoms with van der Waals surface area (Å²) < 4.78 is 87.6. The smallest absolute Gasteiger partial charge is 0.416 e. The van der Waals surface area contributed by atoms with Gasteiger partial charge in [-0.3, -0.25) is 9.69 Å². The van der Waals surface area contributed by atoms with E-state index in [1.807, 2.05) is 0 Å². The number of ether oxygens (including phenoxy) is 1. The average molecular weight is 665 g/mol. The molecule has 1 amide bonds. The van der Waals surface area contributed by atoms with E-state index >= 15 is 0 Å². The van der Waals surface area contributed by atoms with E-state index in [0.717, 1.165) is 35.2 Å². The van der Waals surface area contributed by atoms with Crippen molar-refractivity contribution in [1.29, 1.82) is 5.26 Å². The molecule has 2 aromatic carbocycles. The SMILES string of the molecule is CC[C@]1(N)C[C@H](c2ncc(N(C)C)c(Cc3cc(C#N)cc(C(F)(F)F)c3)n2)c2cc(C(F)(F)F)ccc2N1C(=O)OCCC(=O)O. The lowest BCUT2D eigenvalue weighted by Crippen LogP contribution is -2.61. The summed E-state index contributed by atoms with van der Waals surface area (Å²) in [7, 11) is 3.30. The largest absolute Gasteiger partial charge is 0.481 e. The molecule has 16 heteroatoms. The van der Waals surface area contributed by atoms with Gasteiger partial charge in [-0.2, -0.15) is 31.6 Å². The second kappa shape index (κ2) is 13.1. The highest BCUT2D eigenvalue weighted by Gasteiger charge is 2.47. The lowest BCUT2D eigenvalue weighted by molar-refractivity contribution is -0.138. The number of carbonyl (C=O) groups is 2. The number of halogens is 6. The minimum atomic E-state index is -4.77. The second-order valence-corrected chi connectivity index (χ2v) is 11.2. The number of hydrogen-bond donors (Lipinski definition) is 2. The van der Waals surface area contributed by atoms with Crippen LogP contribution in [0.3, 0.4) is 0 Å². The third-order valence-electron chi connectivity index (χ3n) is 7.79. The summed E-state index contributed by atoms with van der Waals surface area (Å²) in [5.74, 6) is -2.25. The number of fused-ring (bicyclic) bond motifs is 1. The Balaban J connectivity index is 1.88. The van der Waals surface area contributed by atoms with Crippen molar-refractivity contribution in [2.24, 2.45) is 5.73 Å². The molecule has 1 aliphatic heterocycles. The molecule has 2 heterocycles. The molecule has 0 bridgehead atoms. The van der Waals surface area contributed by atoms with Gasteiger partial charge in [0.15, 0.2) is 0 Å². The van der Waals surface area contributed by atoms with E-state index in [9.17, 15) is 41.2 Å². The van der Waals surface area contributed by atoms with Crippen molar-refractivity contribution in [3.8, 4) is 6.07 Å². The number of aliphatic carboxylic acids is 1. The van der Waals surface area contributed by atoms with Crippen LogP contribution < -0.4 is 15.5 Å². The third kappa shape index (κ3) is 7.57. The third-order valence-corrected chi connectivity index (χ3v) is 7.79. The quantitative estimate of drug-likeness (QED) is 0.275. The number of carbonyl (C=O) groups excluding carboxylic acids is 1. The van der Waals surface area contributed by atoms with Gasteiger partial charge in [0.1, 0.15) is 18.1 Å². The normalized spacial score (nSPS) is 17.9. The highest BCUT2D eigenvalue weighted by Crippen LogP contribution is 2.47. The van der Waals surface area contributed by atoms with Gasteiger partial charge in [-0.05, 0) is 60.4 Å². The van der Waals surface area contributed by atoms with E-state index < -0.39 is 60.2 Å². The van der Waals surface area contributed by atoms with Crippen molar-refractivity contribution in [2.75, 3.05) is 30.5 Å². The van der Waals surface area contributed by atoms with Crippen LogP contribution in [0.25, 0.3) is 0 Å². The topological polar surface area (TPSA) is 146 Å². The highest BCUT2D eigenvalue weighted by molar-refractivity contribution is 5.91. The molecule has 1 aromatic heterocycles. The number of alkyl halides is 6. The first kappa shape index (κ1) is 35.0. The fourth-order valence-corrected chi connectivity index (χ4v) is 5.42. The first-order valence-electron chi connectivity index (χ1n) is 14.2. The number of amides is 1. The van der Waals surface area contributed by atoms with Crippen LogP contribution in [0.2, 0.25) is 0 Å². The van der Waals surface area contributed by atoms with Crippen LogP contribution >= 0.6 is 0 Å². The molecule has 3 aromatic rings.